The van der Waals surface area contributed by atoms with Crippen LogP contribution in [-0.2, 0) is 6.54 Å². The molecule has 1 aromatic carbocycles. The molecule has 0 atom stereocenters. The van der Waals surface area contributed by atoms with E-state index in [1.54, 1.807) is 12.3 Å². The summed E-state index contributed by atoms with van der Waals surface area (Å²) >= 11 is 0. The van der Waals surface area contributed by atoms with Crippen molar-refractivity contribution in [3.63, 3.8) is 0 Å². The van der Waals surface area contributed by atoms with Gasteiger partial charge in [0.25, 0.3) is 5.91 Å². The summed E-state index contributed by atoms with van der Waals surface area (Å²) in [6, 6.07) is 13.7. The molecule has 0 bridgehead atoms. The van der Waals surface area contributed by atoms with Gasteiger partial charge in [0.05, 0.1) is 5.56 Å². The summed E-state index contributed by atoms with van der Waals surface area (Å²) < 4.78 is 0. The van der Waals surface area contributed by atoms with Crippen LogP contribution in [0.5, 0.6) is 0 Å². The van der Waals surface area contributed by atoms with E-state index < -0.39 is 0 Å². The summed E-state index contributed by atoms with van der Waals surface area (Å²) in [5.74, 6) is 0.715. The number of hydrogen-bond donors (Lipinski definition) is 0. The zero-order valence-electron chi connectivity index (χ0n) is 12.8. The molecule has 2 rings (SSSR count). The van der Waals surface area contributed by atoms with Gasteiger partial charge < -0.3 is 9.80 Å². The van der Waals surface area contributed by atoms with Gasteiger partial charge >= 0.3 is 0 Å². The van der Waals surface area contributed by atoms with E-state index in [1.807, 2.05) is 67.2 Å². The second-order valence-electron chi connectivity index (χ2n) is 5.07. The molecule has 0 fully saturated rings. The quantitative estimate of drug-likeness (QED) is 0.846. The van der Waals surface area contributed by atoms with E-state index in [0.717, 1.165) is 5.56 Å². The monoisotopic (exact) mass is 283 g/mol. The smallest absolute Gasteiger partial charge is 0.257 e. The van der Waals surface area contributed by atoms with E-state index in [0.29, 0.717) is 24.5 Å². The Morgan fingerprint density at radius 1 is 1.10 bits per heavy atom. The third kappa shape index (κ3) is 3.60. The third-order valence-electron chi connectivity index (χ3n) is 3.33. The van der Waals surface area contributed by atoms with Gasteiger partial charge in [0, 0.05) is 33.4 Å². The molecule has 4 nitrogen and oxygen atoms in total. The van der Waals surface area contributed by atoms with E-state index in [9.17, 15) is 4.79 Å². The SMILES string of the molecule is CCN(Cc1ccccc1)C(=O)c1cccnc1N(C)C. The molecule has 0 radical (unpaired) electrons. The van der Waals surface area contributed by atoms with Gasteiger partial charge in [-0.05, 0) is 24.6 Å². The predicted octanol–water partition coefficient (Wildman–Crippen LogP) is 2.81. The van der Waals surface area contributed by atoms with Gasteiger partial charge in [0.2, 0.25) is 0 Å². The molecule has 0 aliphatic carbocycles. The molecule has 1 amide bonds. The minimum Gasteiger partial charge on any atom is -0.362 e. The number of carbonyl (C=O) groups excluding carboxylic acids is 1. The molecule has 0 N–H and O–H groups in total. The summed E-state index contributed by atoms with van der Waals surface area (Å²) in [5.41, 5.74) is 1.77. The van der Waals surface area contributed by atoms with Crippen molar-refractivity contribution in [2.75, 3.05) is 25.5 Å². The van der Waals surface area contributed by atoms with Crippen molar-refractivity contribution in [2.45, 2.75) is 13.5 Å². The summed E-state index contributed by atoms with van der Waals surface area (Å²) in [7, 11) is 3.79. The number of anilines is 1. The summed E-state index contributed by atoms with van der Waals surface area (Å²) in [4.78, 5) is 20.8. The molecule has 0 saturated heterocycles. The molecule has 2 aromatic rings. The molecule has 110 valence electrons. The van der Waals surface area contributed by atoms with E-state index in [1.165, 1.54) is 0 Å². The molecular weight excluding hydrogens is 262 g/mol. The highest BCUT2D eigenvalue weighted by molar-refractivity contribution is 5.98. The van der Waals surface area contributed by atoms with Crippen LogP contribution in [0.4, 0.5) is 5.82 Å². The average Bonchev–Trinajstić information content (AvgIpc) is 2.53. The van der Waals surface area contributed by atoms with Crippen LogP contribution < -0.4 is 4.90 Å². The Morgan fingerprint density at radius 2 is 1.81 bits per heavy atom. The lowest BCUT2D eigenvalue weighted by molar-refractivity contribution is 0.0753. The molecule has 0 aliphatic heterocycles. The van der Waals surface area contributed by atoms with Crippen molar-refractivity contribution in [1.29, 1.82) is 0 Å². The zero-order chi connectivity index (χ0) is 15.2. The Morgan fingerprint density at radius 3 is 2.43 bits per heavy atom. The van der Waals surface area contributed by atoms with Crippen LogP contribution in [0.2, 0.25) is 0 Å². The van der Waals surface area contributed by atoms with Crippen LogP contribution in [0, 0.1) is 0 Å². The number of amides is 1. The van der Waals surface area contributed by atoms with Gasteiger partial charge in [0.15, 0.2) is 0 Å². The first kappa shape index (κ1) is 15.0. The van der Waals surface area contributed by atoms with Crippen molar-refractivity contribution >= 4 is 11.7 Å². The number of aromatic nitrogens is 1. The number of pyridine rings is 1. The number of hydrogen-bond acceptors (Lipinski definition) is 3. The molecule has 1 aromatic heterocycles. The van der Waals surface area contributed by atoms with Crippen LogP contribution in [0.3, 0.4) is 0 Å². The van der Waals surface area contributed by atoms with E-state index in [2.05, 4.69) is 4.98 Å². The fourth-order valence-electron chi connectivity index (χ4n) is 2.22. The fraction of sp³-hybridized carbons (Fsp3) is 0.294. The highest BCUT2D eigenvalue weighted by Crippen LogP contribution is 2.18. The van der Waals surface area contributed by atoms with Crippen LogP contribution in [-0.4, -0.2) is 36.4 Å². The topological polar surface area (TPSA) is 36.4 Å². The van der Waals surface area contributed by atoms with Gasteiger partial charge in [-0.2, -0.15) is 0 Å². The average molecular weight is 283 g/mol. The Kier molecular flexibility index (Phi) is 4.93. The molecule has 1 heterocycles. The standard InChI is InChI=1S/C17H21N3O/c1-4-20(13-14-9-6-5-7-10-14)17(21)15-11-8-12-18-16(15)19(2)3/h5-12H,4,13H2,1-3H3. The molecule has 0 unspecified atom stereocenters. The number of benzene rings is 1. The van der Waals surface area contributed by atoms with E-state index in [-0.39, 0.29) is 5.91 Å². The maximum absolute atomic E-state index is 12.8. The van der Waals surface area contributed by atoms with Gasteiger partial charge in [-0.25, -0.2) is 4.98 Å². The van der Waals surface area contributed by atoms with Crippen LogP contribution >= 0.6 is 0 Å². The third-order valence-corrected chi connectivity index (χ3v) is 3.33. The molecule has 21 heavy (non-hydrogen) atoms. The molecule has 0 spiro atoms. The van der Waals surface area contributed by atoms with Gasteiger partial charge in [-0.15, -0.1) is 0 Å². The normalized spacial score (nSPS) is 10.2. The summed E-state index contributed by atoms with van der Waals surface area (Å²) in [6.45, 7) is 3.26. The maximum Gasteiger partial charge on any atom is 0.257 e. The Labute approximate surface area is 126 Å². The molecular formula is C17H21N3O. The second kappa shape index (κ2) is 6.88. The van der Waals surface area contributed by atoms with Crippen LogP contribution in [0.1, 0.15) is 22.8 Å². The van der Waals surface area contributed by atoms with E-state index in [4.69, 9.17) is 0 Å². The van der Waals surface area contributed by atoms with Crippen molar-refractivity contribution < 1.29 is 4.79 Å². The first-order valence-electron chi connectivity index (χ1n) is 7.09. The molecule has 4 heteroatoms. The lowest BCUT2D eigenvalue weighted by Gasteiger charge is -2.23. The zero-order valence-corrected chi connectivity index (χ0v) is 12.8. The highest BCUT2D eigenvalue weighted by Gasteiger charge is 2.19. The largest absolute Gasteiger partial charge is 0.362 e. The van der Waals surface area contributed by atoms with Crippen LogP contribution in [0.25, 0.3) is 0 Å². The van der Waals surface area contributed by atoms with E-state index >= 15 is 0 Å². The lowest BCUT2D eigenvalue weighted by atomic mass is 10.1. The van der Waals surface area contributed by atoms with Crippen molar-refractivity contribution in [3.05, 3.63) is 59.8 Å². The Balaban J connectivity index is 2.25. The summed E-state index contributed by atoms with van der Waals surface area (Å²) in [5, 5.41) is 0. The lowest BCUT2D eigenvalue weighted by Crippen LogP contribution is -2.31. The van der Waals surface area contributed by atoms with Crippen LogP contribution in [0.15, 0.2) is 48.7 Å². The maximum atomic E-state index is 12.8. The van der Waals surface area contributed by atoms with Gasteiger partial charge in [0.1, 0.15) is 5.82 Å². The second-order valence-corrected chi connectivity index (χ2v) is 5.07. The minimum atomic E-state index is 0.0122. The highest BCUT2D eigenvalue weighted by atomic mass is 16.2. The van der Waals surface area contributed by atoms with Crippen molar-refractivity contribution in [3.8, 4) is 0 Å². The predicted molar refractivity (Wildman–Crippen MR) is 85.4 cm³/mol. The minimum absolute atomic E-state index is 0.0122. The fourth-order valence-corrected chi connectivity index (χ4v) is 2.22. The van der Waals surface area contributed by atoms with Crippen molar-refractivity contribution in [1.82, 2.24) is 9.88 Å². The number of nitrogens with zero attached hydrogens (tertiary/aromatic N) is 3. The first-order chi connectivity index (χ1) is 10.1. The number of carbonyl (C=O) groups is 1. The molecule has 0 saturated carbocycles. The van der Waals surface area contributed by atoms with Gasteiger partial charge in [-0.3, -0.25) is 4.79 Å². The summed E-state index contributed by atoms with van der Waals surface area (Å²) in [6.07, 6.45) is 1.71. The Hall–Kier alpha value is -2.36. The first-order valence-corrected chi connectivity index (χ1v) is 7.09. The van der Waals surface area contributed by atoms with Gasteiger partial charge in [-0.1, -0.05) is 30.3 Å². The van der Waals surface area contributed by atoms with Crippen molar-refractivity contribution in [2.24, 2.45) is 0 Å². The Bertz CT molecular complexity index is 596. The number of rotatable bonds is 5. The molecule has 0 aliphatic rings.